The molecule has 0 radical (unpaired) electrons. The van der Waals surface area contributed by atoms with E-state index in [4.69, 9.17) is 9.84 Å². The first-order chi connectivity index (χ1) is 8.93. The predicted molar refractivity (Wildman–Crippen MR) is 72.7 cm³/mol. The van der Waals surface area contributed by atoms with Gasteiger partial charge in [0, 0.05) is 25.9 Å². The van der Waals surface area contributed by atoms with Crippen molar-refractivity contribution in [2.75, 3.05) is 31.7 Å². The van der Waals surface area contributed by atoms with E-state index in [1.54, 1.807) is 14.0 Å². The molecule has 0 amide bonds. The van der Waals surface area contributed by atoms with Crippen LogP contribution in [0, 0.1) is 12.8 Å². The summed E-state index contributed by atoms with van der Waals surface area (Å²) < 4.78 is 5.07. The molecule has 0 aliphatic heterocycles. The molecule has 19 heavy (non-hydrogen) atoms. The molecule has 0 spiro atoms. The molecular weight excluding hydrogens is 246 g/mol. The number of carboxylic acid groups (broad SMARTS) is 1. The van der Waals surface area contributed by atoms with E-state index in [-0.39, 0.29) is 5.69 Å². The third-order valence-corrected chi connectivity index (χ3v) is 2.50. The smallest absolute Gasteiger partial charge is 0.354 e. The number of methoxy groups -OCH3 is 1. The molecule has 1 heterocycles. The van der Waals surface area contributed by atoms with Crippen LogP contribution < -0.4 is 4.90 Å². The van der Waals surface area contributed by atoms with E-state index in [0.29, 0.717) is 30.7 Å². The van der Waals surface area contributed by atoms with Crippen LogP contribution in [0.4, 0.5) is 5.95 Å². The molecule has 6 nitrogen and oxygen atoms in total. The van der Waals surface area contributed by atoms with Crippen molar-refractivity contribution < 1.29 is 14.6 Å². The van der Waals surface area contributed by atoms with Gasteiger partial charge >= 0.3 is 5.97 Å². The first-order valence-electron chi connectivity index (χ1n) is 6.27. The minimum Gasteiger partial charge on any atom is -0.477 e. The van der Waals surface area contributed by atoms with Gasteiger partial charge in [-0.25, -0.2) is 14.8 Å². The van der Waals surface area contributed by atoms with Gasteiger partial charge in [-0.05, 0) is 18.9 Å². The summed E-state index contributed by atoms with van der Waals surface area (Å²) in [6, 6.07) is 1.47. The predicted octanol–water partition coefficient (Wildman–Crippen LogP) is 1.59. The second-order valence-electron chi connectivity index (χ2n) is 4.83. The van der Waals surface area contributed by atoms with E-state index in [1.165, 1.54) is 6.07 Å². The van der Waals surface area contributed by atoms with E-state index < -0.39 is 5.97 Å². The molecule has 0 saturated carbocycles. The van der Waals surface area contributed by atoms with Gasteiger partial charge in [-0.15, -0.1) is 0 Å². The van der Waals surface area contributed by atoms with Crippen molar-refractivity contribution in [3.8, 4) is 0 Å². The van der Waals surface area contributed by atoms with E-state index in [1.807, 2.05) is 4.90 Å². The van der Waals surface area contributed by atoms with Gasteiger partial charge in [-0.2, -0.15) is 0 Å². The monoisotopic (exact) mass is 267 g/mol. The normalized spacial score (nSPS) is 10.8. The number of aromatic nitrogens is 2. The van der Waals surface area contributed by atoms with Gasteiger partial charge in [0.1, 0.15) is 0 Å². The van der Waals surface area contributed by atoms with Crippen LogP contribution in [0.3, 0.4) is 0 Å². The molecule has 1 N–H and O–H groups in total. The Balaban J connectivity index is 3.02. The number of carboxylic acids is 1. The van der Waals surface area contributed by atoms with Gasteiger partial charge in [-0.1, -0.05) is 13.8 Å². The Morgan fingerprint density at radius 3 is 2.68 bits per heavy atom. The fourth-order valence-electron chi connectivity index (χ4n) is 1.72. The molecular formula is C13H21N3O3. The molecule has 0 aliphatic carbocycles. The Morgan fingerprint density at radius 2 is 2.16 bits per heavy atom. The highest BCUT2D eigenvalue weighted by molar-refractivity contribution is 5.85. The van der Waals surface area contributed by atoms with E-state index >= 15 is 0 Å². The van der Waals surface area contributed by atoms with Gasteiger partial charge in [0.15, 0.2) is 5.69 Å². The molecule has 0 saturated heterocycles. The molecule has 0 bridgehead atoms. The summed E-state index contributed by atoms with van der Waals surface area (Å²) in [5, 5.41) is 9.04. The Morgan fingerprint density at radius 1 is 1.47 bits per heavy atom. The van der Waals surface area contributed by atoms with E-state index in [2.05, 4.69) is 23.8 Å². The second-order valence-corrected chi connectivity index (χ2v) is 4.83. The number of aromatic carboxylic acids is 1. The van der Waals surface area contributed by atoms with Crippen molar-refractivity contribution in [2.45, 2.75) is 20.8 Å². The molecule has 0 aromatic carbocycles. The number of hydrogen-bond donors (Lipinski definition) is 1. The van der Waals surface area contributed by atoms with Crippen molar-refractivity contribution >= 4 is 11.9 Å². The summed E-state index contributed by atoms with van der Waals surface area (Å²) in [5.74, 6) is -0.166. The zero-order valence-electron chi connectivity index (χ0n) is 11.9. The van der Waals surface area contributed by atoms with Crippen LogP contribution in [0.15, 0.2) is 6.07 Å². The van der Waals surface area contributed by atoms with Gasteiger partial charge < -0.3 is 14.7 Å². The lowest BCUT2D eigenvalue weighted by Crippen LogP contribution is -2.33. The van der Waals surface area contributed by atoms with Gasteiger partial charge in [-0.3, -0.25) is 0 Å². The van der Waals surface area contributed by atoms with Crippen LogP contribution in [0.2, 0.25) is 0 Å². The van der Waals surface area contributed by atoms with Crippen LogP contribution in [-0.2, 0) is 4.74 Å². The zero-order valence-corrected chi connectivity index (χ0v) is 11.9. The quantitative estimate of drug-likeness (QED) is 0.808. The number of carbonyl (C=O) groups is 1. The average Bonchev–Trinajstić information content (AvgIpc) is 2.33. The van der Waals surface area contributed by atoms with Gasteiger partial charge in [0.2, 0.25) is 5.95 Å². The molecule has 1 rings (SSSR count). The van der Waals surface area contributed by atoms with Crippen molar-refractivity contribution in [1.29, 1.82) is 0 Å². The molecule has 106 valence electrons. The van der Waals surface area contributed by atoms with E-state index in [9.17, 15) is 4.79 Å². The van der Waals surface area contributed by atoms with Crippen molar-refractivity contribution in [2.24, 2.45) is 5.92 Å². The number of rotatable bonds is 7. The van der Waals surface area contributed by atoms with Crippen LogP contribution in [0.1, 0.15) is 30.0 Å². The Labute approximate surface area is 113 Å². The highest BCUT2D eigenvalue weighted by Gasteiger charge is 2.15. The minimum absolute atomic E-state index is 0.0219. The topological polar surface area (TPSA) is 75.5 Å². The molecule has 0 unspecified atom stereocenters. The van der Waals surface area contributed by atoms with Gasteiger partial charge in [0.25, 0.3) is 0 Å². The van der Waals surface area contributed by atoms with Crippen LogP contribution in [0.25, 0.3) is 0 Å². The molecule has 0 atom stereocenters. The summed E-state index contributed by atoms with van der Waals surface area (Å²) in [6.45, 7) is 7.89. The minimum atomic E-state index is -1.04. The van der Waals surface area contributed by atoms with Crippen LogP contribution in [0.5, 0.6) is 0 Å². The standard InChI is InChI=1S/C13H21N3O3/c1-9(2)8-16(5-6-19-4)13-14-10(3)7-11(15-13)12(17)18/h7,9H,5-6,8H2,1-4H3,(H,17,18). The summed E-state index contributed by atoms with van der Waals surface area (Å²) in [4.78, 5) is 21.4. The summed E-state index contributed by atoms with van der Waals surface area (Å²) in [7, 11) is 1.63. The Bertz CT molecular complexity index is 435. The molecule has 6 heteroatoms. The maximum Gasteiger partial charge on any atom is 0.354 e. The van der Waals surface area contributed by atoms with Crippen molar-refractivity contribution in [3.63, 3.8) is 0 Å². The van der Waals surface area contributed by atoms with Crippen LogP contribution >= 0.6 is 0 Å². The first kappa shape index (κ1) is 15.4. The summed E-state index contributed by atoms with van der Waals surface area (Å²) in [5.41, 5.74) is 0.669. The fraction of sp³-hybridized carbons (Fsp3) is 0.615. The van der Waals surface area contributed by atoms with E-state index in [0.717, 1.165) is 6.54 Å². The third kappa shape index (κ3) is 4.82. The van der Waals surface area contributed by atoms with Crippen molar-refractivity contribution in [3.05, 3.63) is 17.5 Å². The summed E-state index contributed by atoms with van der Waals surface area (Å²) in [6.07, 6.45) is 0. The average molecular weight is 267 g/mol. The maximum absolute atomic E-state index is 11.0. The lowest BCUT2D eigenvalue weighted by atomic mass is 10.2. The van der Waals surface area contributed by atoms with Gasteiger partial charge in [0.05, 0.1) is 6.61 Å². The second kappa shape index (κ2) is 7.04. The SMILES string of the molecule is COCCN(CC(C)C)c1nc(C)cc(C(=O)O)n1. The molecule has 0 fully saturated rings. The first-order valence-corrected chi connectivity index (χ1v) is 6.27. The number of anilines is 1. The third-order valence-electron chi connectivity index (χ3n) is 2.50. The number of aryl methyl sites for hydroxylation is 1. The fourth-order valence-corrected chi connectivity index (χ4v) is 1.72. The Hall–Kier alpha value is -1.69. The summed E-state index contributed by atoms with van der Waals surface area (Å²) >= 11 is 0. The Kier molecular flexibility index (Phi) is 5.69. The maximum atomic E-state index is 11.0. The number of ether oxygens (including phenoxy) is 1. The molecule has 1 aromatic heterocycles. The number of hydrogen-bond acceptors (Lipinski definition) is 5. The zero-order chi connectivity index (χ0) is 14.4. The highest BCUT2D eigenvalue weighted by atomic mass is 16.5. The molecule has 0 aliphatic rings. The lowest BCUT2D eigenvalue weighted by molar-refractivity contribution is 0.0690. The lowest BCUT2D eigenvalue weighted by Gasteiger charge is -2.24. The number of nitrogens with zero attached hydrogens (tertiary/aromatic N) is 3. The van der Waals surface area contributed by atoms with Crippen LogP contribution in [-0.4, -0.2) is 47.8 Å². The molecule has 1 aromatic rings. The largest absolute Gasteiger partial charge is 0.477 e. The van der Waals surface area contributed by atoms with Crippen molar-refractivity contribution in [1.82, 2.24) is 9.97 Å². The highest BCUT2D eigenvalue weighted by Crippen LogP contribution is 2.12.